The highest BCUT2D eigenvalue weighted by Crippen LogP contribution is 2.23. The van der Waals surface area contributed by atoms with Crippen molar-refractivity contribution in [2.75, 3.05) is 19.6 Å². The lowest BCUT2D eigenvalue weighted by atomic mass is 9.95. The fraction of sp³-hybridized carbons (Fsp3) is 0.400. The number of likely N-dealkylation sites (tertiary alicyclic amines) is 1. The van der Waals surface area contributed by atoms with E-state index in [2.05, 4.69) is 5.32 Å². The van der Waals surface area contributed by atoms with Crippen molar-refractivity contribution in [3.63, 3.8) is 0 Å². The second-order valence-corrected chi connectivity index (χ2v) is 6.41. The summed E-state index contributed by atoms with van der Waals surface area (Å²) in [6.07, 6.45) is 2.66. The highest BCUT2D eigenvalue weighted by molar-refractivity contribution is 6.07. The summed E-state index contributed by atoms with van der Waals surface area (Å²) in [6.45, 7) is 3.97. The van der Waals surface area contributed by atoms with Crippen LogP contribution < -0.4 is 5.32 Å². The van der Waals surface area contributed by atoms with Gasteiger partial charge in [0.25, 0.3) is 5.91 Å². The normalized spacial score (nSPS) is 17.7. The molecule has 1 aliphatic heterocycles. The molecule has 2 amide bonds. The molecule has 2 aromatic rings. The van der Waals surface area contributed by atoms with E-state index < -0.39 is 0 Å². The van der Waals surface area contributed by atoms with Crippen LogP contribution in [0.3, 0.4) is 0 Å². The lowest BCUT2D eigenvalue weighted by Gasteiger charge is -2.32. The molecule has 1 unspecified atom stereocenters. The van der Waals surface area contributed by atoms with Crippen LogP contribution in [0, 0.1) is 5.92 Å². The summed E-state index contributed by atoms with van der Waals surface area (Å²) in [6, 6.07) is 13.8. The molecule has 0 radical (unpaired) electrons. The number of nitrogens with one attached hydrogen (secondary N) is 1. The maximum absolute atomic E-state index is 13.0. The molecule has 0 aromatic heterocycles. The SMILES string of the molecule is CCCNC(=O)C1CCCN(C(=O)c2cccc3ccccc23)C1. The van der Waals surface area contributed by atoms with E-state index in [1.54, 1.807) is 0 Å². The van der Waals surface area contributed by atoms with Crippen molar-refractivity contribution in [3.8, 4) is 0 Å². The number of carbonyl (C=O) groups is 2. The average molecular weight is 324 g/mol. The Morgan fingerprint density at radius 3 is 2.79 bits per heavy atom. The van der Waals surface area contributed by atoms with Crippen LogP contribution in [0.25, 0.3) is 10.8 Å². The Morgan fingerprint density at radius 2 is 1.96 bits per heavy atom. The van der Waals surface area contributed by atoms with Crippen molar-refractivity contribution >= 4 is 22.6 Å². The molecular weight excluding hydrogens is 300 g/mol. The molecule has 1 aliphatic rings. The molecule has 1 atom stereocenters. The van der Waals surface area contributed by atoms with Gasteiger partial charge >= 0.3 is 0 Å². The fourth-order valence-corrected chi connectivity index (χ4v) is 3.35. The third-order valence-electron chi connectivity index (χ3n) is 4.65. The summed E-state index contributed by atoms with van der Waals surface area (Å²) in [5, 5.41) is 5.00. The Balaban J connectivity index is 1.78. The van der Waals surface area contributed by atoms with Gasteiger partial charge in [-0.1, -0.05) is 43.3 Å². The number of fused-ring (bicyclic) bond motifs is 1. The molecule has 1 saturated heterocycles. The predicted octanol–water partition coefficient (Wildman–Crippen LogP) is 3.22. The lowest BCUT2D eigenvalue weighted by Crippen LogP contribution is -2.45. The zero-order valence-corrected chi connectivity index (χ0v) is 14.1. The second-order valence-electron chi connectivity index (χ2n) is 6.41. The van der Waals surface area contributed by atoms with E-state index in [0.29, 0.717) is 13.1 Å². The quantitative estimate of drug-likeness (QED) is 0.939. The predicted molar refractivity (Wildman–Crippen MR) is 95.9 cm³/mol. The Hall–Kier alpha value is -2.36. The van der Waals surface area contributed by atoms with Gasteiger partial charge in [0.15, 0.2) is 0 Å². The van der Waals surface area contributed by atoms with E-state index in [1.807, 2.05) is 54.3 Å². The van der Waals surface area contributed by atoms with Crippen molar-refractivity contribution in [3.05, 3.63) is 48.0 Å². The van der Waals surface area contributed by atoms with E-state index in [1.165, 1.54) is 0 Å². The molecule has 126 valence electrons. The van der Waals surface area contributed by atoms with E-state index >= 15 is 0 Å². The molecular formula is C20H24N2O2. The van der Waals surface area contributed by atoms with Crippen LogP contribution in [-0.2, 0) is 4.79 Å². The molecule has 1 heterocycles. The standard InChI is InChI=1S/C20H24N2O2/c1-2-12-21-19(23)16-9-6-13-22(14-16)20(24)18-11-5-8-15-7-3-4-10-17(15)18/h3-5,7-8,10-11,16H,2,6,9,12-14H2,1H3,(H,21,23). The van der Waals surface area contributed by atoms with Crippen LogP contribution in [0.1, 0.15) is 36.5 Å². The molecule has 0 aliphatic carbocycles. The van der Waals surface area contributed by atoms with E-state index in [-0.39, 0.29) is 17.7 Å². The Morgan fingerprint density at radius 1 is 1.17 bits per heavy atom. The van der Waals surface area contributed by atoms with Crippen LogP contribution in [-0.4, -0.2) is 36.3 Å². The van der Waals surface area contributed by atoms with Gasteiger partial charge < -0.3 is 10.2 Å². The van der Waals surface area contributed by atoms with Gasteiger partial charge in [-0.15, -0.1) is 0 Å². The zero-order chi connectivity index (χ0) is 16.9. The van der Waals surface area contributed by atoms with Crippen molar-refractivity contribution in [2.45, 2.75) is 26.2 Å². The Kier molecular flexibility index (Phi) is 5.14. The Bertz CT molecular complexity index is 736. The van der Waals surface area contributed by atoms with Crippen LogP contribution in [0.2, 0.25) is 0 Å². The van der Waals surface area contributed by atoms with Crippen LogP contribution in [0.5, 0.6) is 0 Å². The minimum absolute atomic E-state index is 0.0276. The van der Waals surface area contributed by atoms with Gasteiger partial charge in [0.2, 0.25) is 5.91 Å². The summed E-state index contributed by atoms with van der Waals surface area (Å²) >= 11 is 0. The van der Waals surface area contributed by atoms with E-state index in [9.17, 15) is 9.59 Å². The third-order valence-corrected chi connectivity index (χ3v) is 4.65. The number of rotatable bonds is 4. The minimum Gasteiger partial charge on any atom is -0.356 e. The monoisotopic (exact) mass is 324 g/mol. The van der Waals surface area contributed by atoms with Gasteiger partial charge in [0.1, 0.15) is 0 Å². The van der Waals surface area contributed by atoms with Gasteiger partial charge in [0, 0.05) is 25.2 Å². The average Bonchev–Trinajstić information content (AvgIpc) is 2.65. The van der Waals surface area contributed by atoms with Crippen molar-refractivity contribution in [1.29, 1.82) is 0 Å². The van der Waals surface area contributed by atoms with Gasteiger partial charge in [-0.2, -0.15) is 0 Å². The molecule has 0 saturated carbocycles. The van der Waals surface area contributed by atoms with Crippen LogP contribution in [0.15, 0.2) is 42.5 Å². The smallest absolute Gasteiger partial charge is 0.254 e. The summed E-state index contributed by atoms with van der Waals surface area (Å²) in [4.78, 5) is 27.0. The van der Waals surface area contributed by atoms with Gasteiger partial charge in [-0.3, -0.25) is 9.59 Å². The molecule has 2 aromatic carbocycles. The molecule has 3 rings (SSSR count). The van der Waals surface area contributed by atoms with Gasteiger partial charge in [-0.25, -0.2) is 0 Å². The van der Waals surface area contributed by atoms with Gasteiger partial charge in [0.05, 0.1) is 5.92 Å². The molecule has 4 nitrogen and oxygen atoms in total. The maximum atomic E-state index is 13.0. The highest BCUT2D eigenvalue weighted by atomic mass is 16.2. The summed E-state index contributed by atoms with van der Waals surface area (Å²) < 4.78 is 0. The van der Waals surface area contributed by atoms with Crippen LogP contribution in [0.4, 0.5) is 0 Å². The largest absolute Gasteiger partial charge is 0.356 e. The van der Waals surface area contributed by atoms with E-state index in [0.717, 1.165) is 42.1 Å². The minimum atomic E-state index is -0.0933. The zero-order valence-electron chi connectivity index (χ0n) is 14.1. The first kappa shape index (κ1) is 16.5. The highest BCUT2D eigenvalue weighted by Gasteiger charge is 2.29. The number of hydrogen-bond donors (Lipinski definition) is 1. The number of nitrogens with zero attached hydrogens (tertiary/aromatic N) is 1. The molecule has 1 N–H and O–H groups in total. The molecule has 24 heavy (non-hydrogen) atoms. The number of carbonyl (C=O) groups excluding carboxylic acids is 2. The first-order valence-corrected chi connectivity index (χ1v) is 8.75. The number of hydrogen-bond acceptors (Lipinski definition) is 2. The molecule has 0 spiro atoms. The topological polar surface area (TPSA) is 49.4 Å². The van der Waals surface area contributed by atoms with Crippen molar-refractivity contribution in [1.82, 2.24) is 10.2 Å². The maximum Gasteiger partial charge on any atom is 0.254 e. The van der Waals surface area contributed by atoms with Crippen molar-refractivity contribution < 1.29 is 9.59 Å². The number of benzene rings is 2. The molecule has 4 heteroatoms. The first-order valence-electron chi connectivity index (χ1n) is 8.75. The number of amides is 2. The first-order chi connectivity index (χ1) is 11.7. The van der Waals surface area contributed by atoms with Crippen LogP contribution >= 0.6 is 0 Å². The second kappa shape index (κ2) is 7.47. The Labute approximate surface area is 142 Å². The lowest BCUT2D eigenvalue weighted by molar-refractivity contribution is -0.126. The van der Waals surface area contributed by atoms with E-state index in [4.69, 9.17) is 0 Å². The van der Waals surface area contributed by atoms with Gasteiger partial charge in [-0.05, 0) is 36.1 Å². The summed E-state index contributed by atoms with van der Waals surface area (Å²) in [5.41, 5.74) is 0.725. The third kappa shape index (κ3) is 3.42. The number of piperidine rings is 1. The molecule has 1 fully saturated rings. The molecule has 0 bridgehead atoms. The summed E-state index contributed by atoms with van der Waals surface area (Å²) in [5.74, 6) is 0.0105. The van der Waals surface area contributed by atoms with Crippen molar-refractivity contribution in [2.24, 2.45) is 5.92 Å². The fourth-order valence-electron chi connectivity index (χ4n) is 3.35. The summed E-state index contributed by atoms with van der Waals surface area (Å²) in [7, 11) is 0.